The van der Waals surface area contributed by atoms with Gasteiger partial charge in [-0.05, 0) is 53.6 Å². The van der Waals surface area contributed by atoms with Gasteiger partial charge in [0.15, 0.2) is 11.7 Å². The first-order valence-electron chi connectivity index (χ1n) is 9.70. The van der Waals surface area contributed by atoms with Crippen molar-refractivity contribution in [1.29, 1.82) is 0 Å². The van der Waals surface area contributed by atoms with Crippen molar-refractivity contribution in [2.24, 2.45) is 0 Å². The number of carbonyl (C=O) groups excluding carboxylic acids is 1. The number of anilines is 2. The Balaban J connectivity index is 0.00000324. The molecule has 0 saturated carbocycles. The molecule has 0 aliphatic rings. The van der Waals surface area contributed by atoms with Gasteiger partial charge in [-0.2, -0.15) is 0 Å². The van der Waals surface area contributed by atoms with Crippen molar-refractivity contribution >= 4 is 49.7 Å². The predicted molar refractivity (Wildman–Crippen MR) is 132 cm³/mol. The van der Waals surface area contributed by atoms with E-state index in [1.165, 1.54) is 29.7 Å². The number of hydrogen-bond donors (Lipinski definition) is 2. The standard InChI is InChI=1S/C23H18ClN3O4S2.H2/c24-18-2-1-3-20(14-18)31-15-22(28)26-19-8-4-16(5-9-19)17-6-10-21(11-7-17)33(29,30)27-23-25-12-13-32-23;/h1-14H,15H2,(H,25,27)(H,26,28);1H. The van der Waals surface area contributed by atoms with Crippen LogP contribution in [0, 0.1) is 0 Å². The fraction of sp³-hybridized carbons (Fsp3) is 0.0435. The lowest BCUT2D eigenvalue weighted by Crippen LogP contribution is -2.20. The van der Waals surface area contributed by atoms with Crippen molar-refractivity contribution in [3.63, 3.8) is 0 Å². The van der Waals surface area contributed by atoms with E-state index in [1.54, 1.807) is 53.9 Å². The Labute approximate surface area is 201 Å². The monoisotopic (exact) mass is 501 g/mol. The number of sulfonamides is 1. The molecule has 1 amide bonds. The number of nitrogens with zero attached hydrogens (tertiary/aromatic N) is 1. The van der Waals surface area contributed by atoms with Crippen LogP contribution in [0.2, 0.25) is 5.02 Å². The van der Waals surface area contributed by atoms with E-state index in [0.29, 0.717) is 21.6 Å². The molecule has 0 atom stereocenters. The minimum absolute atomic E-state index is 0. The van der Waals surface area contributed by atoms with Crippen molar-refractivity contribution < 1.29 is 19.4 Å². The molecule has 1 aromatic heterocycles. The molecular formula is C23H20ClN3O4S2. The van der Waals surface area contributed by atoms with E-state index in [9.17, 15) is 13.2 Å². The Morgan fingerprint density at radius 2 is 1.73 bits per heavy atom. The minimum Gasteiger partial charge on any atom is -0.484 e. The molecule has 0 spiro atoms. The van der Waals surface area contributed by atoms with Crippen LogP contribution in [-0.2, 0) is 14.8 Å². The first-order valence-corrected chi connectivity index (χ1v) is 12.4. The smallest absolute Gasteiger partial charge is 0.263 e. The summed E-state index contributed by atoms with van der Waals surface area (Å²) in [5, 5.41) is 5.31. The van der Waals surface area contributed by atoms with Crippen LogP contribution in [0.15, 0.2) is 89.3 Å². The molecule has 3 aromatic carbocycles. The lowest BCUT2D eigenvalue weighted by Gasteiger charge is -2.09. The third-order valence-electron chi connectivity index (χ3n) is 4.49. The molecule has 0 bridgehead atoms. The summed E-state index contributed by atoms with van der Waals surface area (Å²) < 4.78 is 32.8. The summed E-state index contributed by atoms with van der Waals surface area (Å²) in [5.41, 5.74) is 2.33. The summed E-state index contributed by atoms with van der Waals surface area (Å²) >= 11 is 7.11. The second-order valence-corrected chi connectivity index (χ2v) is 9.85. The number of amides is 1. The maximum absolute atomic E-state index is 12.5. The average molecular weight is 502 g/mol. The van der Waals surface area contributed by atoms with Crippen LogP contribution in [0.25, 0.3) is 11.1 Å². The zero-order valence-corrected chi connectivity index (χ0v) is 19.5. The molecule has 170 valence electrons. The molecule has 10 heteroatoms. The van der Waals surface area contributed by atoms with E-state index in [2.05, 4.69) is 15.0 Å². The third-order valence-corrected chi connectivity index (χ3v) is 6.89. The van der Waals surface area contributed by atoms with E-state index in [4.69, 9.17) is 16.3 Å². The Kier molecular flexibility index (Phi) is 6.93. The number of nitrogens with one attached hydrogen (secondary N) is 2. The van der Waals surface area contributed by atoms with Crippen LogP contribution in [0.5, 0.6) is 5.75 Å². The quantitative estimate of drug-likeness (QED) is 0.331. The van der Waals surface area contributed by atoms with Gasteiger partial charge in [0.25, 0.3) is 15.9 Å². The Morgan fingerprint density at radius 1 is 1.03 bits per heavy atom. The van der Waals surface area contributed by atoms with Crippen LogP contribution >= 0.6 is 22.9 Å². The largest absolute Gasteiger partial charge is 0.484 e. The van der Waals surface area contributed by atoms with E-state index in [1.807, 2.05) is 12.1 Å². The highest BCUT2D eigenvalue weighted by Crippen LogP contribution is 2.24. The van der Waals surface area contributed by atoms with E-state index < -0.39 is 10.0 Å². The van der Waals surface area contributed by atoms with E-state index >= 15 is 0 Å². The topological polar surface area (TPSA) is 97.4 Å². The molecule has 33 heavy (non-hydrogen) atoms. The van der Waals surface area contributed by atoms with Crippen LogP contribution in [0.4, 0.5) is 10.8 Å². The molecule has 4 aromatic rings. The number of ether oxygens (including phenoxy) is 1. The zero-order chi connectivity index (χ0) is 23.3. The van der Waals surface area contributed by atoms with Gasteiger partial charge >= 0.3 is 0 Å². The van der Waals surface area contributed by atoms with Gasteiger partial charge < -0.3 is 10.1 Å². The van der Waals surface area contributed by atoms with Crippen molar-refractivity contribution in [3.8, 4) is 16.9 Å². The summed E-state index contributed by atoms with van der Waals surface area (Å²) in [7, 11) is -3.70. The maximum Gasteiger partial charge on any atom is 0.263 e. The van der Waals surface area contributed by atoms with Gasteiger partial charge in [0.1, 0.15) is 5.75 Å². The predicted octanol–water partition coefficient (Wildman–Crippen LogP) is 5.53. The Morgan fingerprint density at radius 3 is 2.36 bits per heavy atom. The second kappa shape index (κ2) is 10.0. The molecule has 0 aliphatic carbocycles. The first-order chi connectivity index (χ1) is 15.9. The fourth-order valence-corrected chi connectivity index (χ4v) is 4.89. The first kappa shape index (κ1) is 22.8. The van der Waals surface area contributed by atoms with Crippen LogP contribution in [0.1, 0.15) is 1.43 Å². The van der Waals surface area contributed by atoms with Gasteiger partial charge in [0, 0.05) is 23.7 Å². The second-order valence-electron chi connectivity index (χ2n) is 6.84. The Hall–Kier alpha value is -3.40. The highest BCUT2D eigenvalue weighted by Gasteiger charge is 2.15. The highest BCUT2D eigenvalue weighted by atomic mass is 35.5. The SMILES string of the molecule is O=C(COc1cccc(Cl)c1)Nc1ccc(-c2ccc(S(=O)(=O)Nc3nccs3)cc2)cc1.[HH]. The molecule has 0 radical (unpaired) electrons. The molecule has 1 heterocycles. The summed E-state index contributed by atoms with van der Waals surface area (Å²) in [6.45, 7) is -0.146. The van der Waals surface area contributed by atoms with Gasteiger partial charge in [-0.1, -0.05) is 41.9 Å². The summed E-state index contributed by atoms with van der Waals surface area (Å²) in [6.07, 6.45) is 1.53. The lowest BCUT2D eigenvalue weighted by molar-refractivity contribution is -0.118. The minimum atomic E-state index is -3.70. The van der Waals surface area contributed by atoms with Gasteiger partial charge in [-0.15, -0.1) is 11.3 Å². The van der Waals surface area contributed by atoms with Crippen LogP contribution < -0.4 is 14.8 Å². The molecule has 0 saturated heterocycles. The van der Waals surface area contributed by atoms with E-state index in [0.717, 1.165) is 11.1 Å². The summed E-state index contributed by atoms with van der Waals surface area (Å²) in [5.74, 6) is 0.213. The number of hydrogen-bond acceptors (Lipinski definition) is 6. The number of carbonyl (C=O) groups is 1. The number of benzene rings is 3. The van der Waals surface area contributed by atoms with Crippen molar-refractivity contribution in [3.05, 3.63) is 89.4 Å². The molecule has 0 fully saturated rings. The van der Waals surface area contributed by atoms with E-state index in [-0.39, 0.29) is 18.8 Å². The average Bonchev–Trinajstić information content (AvgIpc) is 3.31. The van der Waals surface area contributed by atoms with Crippen molar-refractivity contribution in [1.82, 2.24) is 4.98 Å². The van der Waals surface area contributed by atoms with Crippen molar-refractivity contribution in [2.75, 3.05) is 16.6 Å². The van der Waals surface area contributed by atoms with Gasteiger partial charge in [-0.3, -0.25) is 9.52 Å². The maximum atomic E-state index is 12.5. The number of thiazole rings is 1. The molecule has 2 N–H and O–H groups in total. The summed E-state index contributed by atoms with van der Waals surface area (Å²) in [6, 6.07) is 20.6. The molecule has 7 nitrogen and oxygen atoms in total. The normalized spacial score (nSPS) is 11.1. The highest BCUT2D eigenvalue weighted by molar-refractivity contribution is 7.93. The third kappa shape index (κ3) is 6.10. The number of aromatic nitrogens is 1. The zero-order valence-electron chi connectivity index (χ0n) is 17.1. The van der Waals surface area contributed by atoms with Gasteiger partial charge in [0.05, 0.1) is 4.90 Å². The fourth-order valence-electron chi connectivity index (χ4n) is 2.92. The molecule has 4 rings (SSSR count). The number of halogens is 1. The molecule has 0 aliphatic heterocycles. The molecule has 0 unspecified atom stereocenters. The van der Waals surface area contributed by atoms with Crippen molar-refractivity contribution in [2.45, 2.75) is 4.90 Å². The van der Waals surface area contributed by atoms with Crippen LogP contribution in [-0.4, -0.2) is 25.9 Å². The van der Waals surface area contributed by atoms with Gasteiger partial charge in [0.2, 0.25) is 0 Å². The van der Waals surface area contributed by atoms with Crippen LogP contribution in [0.3, 0.4) is 0 Å². The molecular weight excluding hydrogens is 482 g/mol. The Bertz CT molecular complexity index is 1350. The summed E-state index contributed by atoms with van der Waals surface area (Å²) in [4.78, 5) is 16.2. The van der Waals surface area contributed by atoms with Gasteiger partial charge in [-0.25, -0.2) is 13.4 Å². The lowest BCUT2D eigenvalue weighted by atomic mass is 10.1. The number of rotatable bonds is 8.